The Hall–Kier alpha value is -0.120. The minimum Gasteiger partial charge on any atom is -0.379 e. The second-order valence-corrected chi connectivity index (χ2v) is 3.49. The summed E-state index contributed by atoms with van der Waals surface area (Å²) in [5, 5.41) is 3.41. The van der Waals surface area contributed by atoms with E-state index in [9.17, 15) is 0 Å². The van der Waals surface area contributed by atoms with Crippen LogP contribution in [-0.4, -0.2) is 38.5 Å². The summed E-state index contributed by atoms with van der Waals surface area (Å²) in [6, 6.07) is 0.496. The molecule has 0 aromatic heterocycles. The molecule has 78 valence electrons. The van der Waals surface area contributed by atoms with Gasteiger partial charge in [-0.15, -0.1) is 0 Å². The number of hydrogen-bond donors (Lipinski definition) is 1. The fourth-order valence-electron chi connectivity index (χ4n) is 1.64. The van der Waals surface area contributed by atoms with Crippen molar-refractivity contribution in [1.82, 2.24) is 5.32 Å². The van der Waals surface area contributed by atoms with Crippen LogP contribution in [-0.2, 0) is 9.47 Å². The molecule has 2 unspecified atom stereocenters. The topological polar surface area (TPSA) is 30.5 Å². The van der Waals surface area contributed by atoms with Gasteiger partial charge in [-0.05, 0) is 33.2 Å². The average Bonchev–Trinajstić information content (AvgIpc) is 2.15. The third-order valence-corrected chi connectivity index (χ3v) is 2.45. The molecule has 1 heterocycles. The van der Waals surface area contributed by atoms with Gasteiger partial charge in [0.1, 0.15) is 0 Å². The van der Waals surface area contributed by atoms with Crippen LogP contribution < -0.4 is 5.32 Å². The molecule has 0 aromatic carbocycles. The highest BCUT2D eigenvalue weighted by atomic mass is 16.5. The van der Waals surface area contributed by atoms with E-state index in [4.69, 9.17) is 9.47 Å². The molecular weight excluding hydrogens is 166 g/mol. The van der Waals surface area contributed by atoms with E-state index in [0.717, 1.165) is 26.4 Å². The summed E-state index contributed by atoms with van der Waals surface area (Å²) in [7, 11) is 0. The molecule has 1 N–H and O–H groups in total. The maximum Gasteiger partial charge on any atom is 0.0726 e. The quantitative estimate of drug-likeness (QED) is 0.656. The largest absolute Gasteiger partial charge is 0.379 e. The summed E-state index contributed by atoms with van der Waals surface area (Å²) in [6.07, 6.45) is 2.79. The van der Waals surface area contributed by atoms with Crippen molar-refractivity contribution in [3.8, 4) is 0 Å². The van der Waals surface area contributed by atoms with Gasteiger partial charge < -0.3 is 14.8 Å². The van der Waals surface area contributed by atoms with Crippen molar-refractivity contribution in [2.45, 2.75) is 38.8 Å². The van der Waals surface area contributed by atoms with Crippen LogP contribution in [0.15, 0.2) is 0 Å². The number of rotatable bonds is 5. The van der Waals surface area contributed by atoms with E-state index >= 15 is 0 Å². The smallest absolute Gasteiger partial charge is 0.0726 e. The maximum atomic E-state index is 5.71. The van der Waals surface area contributed by atoms with Gasteiger partial charge in [0.25, 0.3) is 0 Å². The van der Waals surface area contributed by atoms with Crippen LogP contribution in [0.2, 0.25) is 0 Å². The SMILES string of the molecule is CCOCCOC1CCCNC1C. The standard InChI is InChI=1S/C10H21NO2/c1-3-12-7-8-13-10-5-4-6-11-9(10)2/h9-11H,3-8H2,1-2H3. The van der Waals surface area contributed by atoms with Gasteiger partial charge in [0, 0.05) is 12.6 Å². The van der Waals surface area contributed by atoms with E-state index in [0.29, 0.717) is 12.1 Å². The molecular formula is C10H21NO2. The Bertz CT molecular complexity index is 130. The molecule has 3 heteroatoms. The van der Waals surface area contributed by atoms with Crippen molar-refractivity contribution >= 4 is 0 Å². The van der Waals surface area contributed by atoms with Crippen molar-refractivity contribution in [2.24, 2.45) is 0 Å². The van der Waals surface area contributed by atoms with Gasteiger partial charge in [0.05, 0.1) is 19.3 Å². The van der Waals surface area contributed by atoms with Crippen LogP contribution in [0.3, 0.4) is 0 Å². The van der Waals surface area contributed by atoms with Crippen molar-refractivity contribution < 1.29 is 9.47 Å². The third-order valence-electron chi connectivity index (χ3n) is 2.45. The first kappa shape index (κ1) is 11.0. The van der Waals surface area contributed by atoms with Crippen LogP contribution in [0.5, 0.6) is 0 Å². The van der Waals surface area contributed by atoms with E-state index in [1.165, 1.54) is 12.8 Å². The van der Waals surface area contributed by atoms with E-state index in [2.05, 4.69) is 12.2 Å². The normalized spacial score (nSPS) is 29.1. The fourth-order valence-corrected chi connectivity index (χ4v) is 1.64. The molecule has 1 aliphatic rings. The summed E-state index contributed by atoms with van der Waals surface area (Å²) in [6.45, 7) is 7.55. The van der Waals surface area contributed by atoms with Crippen molar-refractivity contribution in [2.75, 3.05) is 26.4 Å². The summed E-state index contributed by atoms with van der Waals surface area (Å²) in [5.41, 5.74) is 0. The highest BCUT2D eigenvalue weighted by molar-refractivity contribution is 4.77. The van der Waals surface area contributed by atoms with Crippen molar-refractivity contribution in [1.29, 1.82) is 0 Å². The molecule has 0 saturated carbocycles. The molecule has 1 saturated heterocycles. The Labute approximate surface area is 80.8 Å². The summed E-state index contributed by atoms with van der Waals surface area (Å²) in [5.74, 6) is 0. The Morgan fingerprint density at radius 3 is 2.92 bits per heavy atom. The number of ether oxygens (including phenoxy) is 2. The lowest BCUT2D eigenvalue weighted by molar-refractivity contribution is -0.0186. The Kier molecular flexibility index (Phi) is 5.35. The van der Waals surface area contributed by atoms with Gasteiger partial charge in [-0.2, -0.15) is 0 Å². The number of nitrogens with one attached hydrogen (secondary N) is 1. The monoisotopic (exact) mass is 187 g/mol. The molecule has 0 aromatic rings. The minimum absolute atomic E-state index is 0.384. The zero-order chi connectivity index (χ0) is 9.52. The molecule has 1 rings (SSSR count). The van der Waals surface area contributed by atoms with Crippen LogP contribution in [0.25, 0.3) is 0 Å². The zero-order valence-electron chi connectivity index (χ0n) is 8.71. The van der Waals surface area contributed by atoms with Crippen LogP contribution in [0.4, 0.5) is 0 Å². The highest BCUT2D eigenvalue weighted by Crippen LogP contribution is 2.11. The van der Waals surface area contributed by atoms with Crippen molar-refractivity contribution in [3.05, 3.63) is 0 Å². The van der Waals surface area contributed by atoms with Gasteiger partial charge in [0.15, 0.2) is 0 Å². The minimum atomic E-state index is 0.384. The van der Waals surface area contributed by atoms with Gasteiger partial charge >= 0.3 is 0 Å². The fraction of sp³-hybridized carbons (Fsp3) is 1.00. The predicted molar refractivity (Wildman–Crippen MR) is 52.9 cm³/mol. The Balaban J connectivity index is 2.05. The van der Waals surface area contributed by atoms with E-state index in [1.54, 1.807) is 0 Å². The van der Waals surface area contributed by atoms with Crippen LogP contribution in [0, 0.1) is 0 Å². The zero-order valence-corrected chi connectivity index (χ0v) is 8.71. The molecule has 0 bridgehead atoms. The summed E-state index contributed by atoms with van der Waals surface area (Å²) >= 11 is 0. The highest BCUT2D eigenvalue weighted by Gasteiger charge is 2.20. The molecule has 1 aliphatic heterocycles. The summed E-state index contributed by atoms with van der Waals surface area (Å²) < 4.78 is 10.9. The second kappa shape index (κ2) is 6.35. The molecule has 1 fully saturated rings. The lowest BCUT2D eigenvalue weighted by Crippen LogP contribution is -2.44. The van der Waals surface area contributed by atoms with Crippen molar-refractivity contribution in [3.63, 3.8) is 0 Å². The molecule has 3 nitrogen and oxygen atoms in total. The lowest BCUT2D eigenvalue weighted by Gasteiger charge is -2.29. The van der Waals surface area contributed by atoms with Gasteiger partial charge in [0.2, 0.25) is 0 Å². The molecule has 13 heavy (non-hydrogen) atoms. The van der Waals surface area contributed by atoms with Gasteiger partial charge in [-0.1, -0.05) is 0 Å². The Morgan fingerprint density at radius 1 is 1.38 bits per heavy atom. The molecule has 0 radical (unpaired) electrons. The summed E-state index contributed by atoms with van der Waals surface area (Å²) in [4.78, 5) is 0. The first-order valence-corrected chi connectivity index (χ1v) is 5.27. The lowest BCUT2D eigenvalue weighted by atomic mass is 10.0. The van der Waals surface area contributed by atoms with Gasteiger partial charge in [-0.3, -0.25) is 0 Å². The second-order valence-electron chi connectivity index (χ2n) is 3.49. The third kappa shape index (κ3) is 4.07. The predicted octanol–water partition coefficient (Wildman–Crippen LogP) is 1.18. The van der Waals surface area contributed by atoms with Crippen LogP contribution in [0.1, 0.15) is 26.7 Å². The number of piperidine rings is 1. The van der Waals surface area contributed by atoms with E-state index < -0.39 is 0 Å². The first-order chi connectivity index (χ1) is 6.34. The van der Waals surface area contributed by atoms with E-state index in [-0.39, 0.29) is 0 Å². The van der Waals surface area contributed by atoms with Crippen LogP contribution >= 0.6 is 0 Å². The van der Waals surface area contributed by atoms with E-state index in [1.807, 2.05) is 6.92 Å². The Morgan fingerprint density at radius 2 is 2.23 bits per heavy atom. The molecule has 0 amide bonds. The maximum absolute atomic E-state index is 5.71. The molecule has 0 spiro atoms. The number of hydrogen-bond acceptors (Lipinski definition) is 3. The molecule has 0 aliphatic carbocycles. The first-order valence-electron chi connectivity index (χ1n) is 5.27. The van der Waals surface area contributed by atoms with Gasteiger partial charge in [-0.25, -0.2) is 0 Å². The molecule has 2 atom stereocenters. The average molecular weight is 187 g/mol.